The summed E-state index contributed by atoms with van der Waals surface area (Å²) < 4.78 is 0. The van der Waals surface area contributed by atoms with Crippen molar-refractivity contribution in [2.75, 3.05) is 31.9 Å². The normalized spacial score (nSPS) is 25.2. The topological polar surface area (TPSA) is 52.7 Å². The third kappa shape index (κ3) is 2.85. The van der Waals surface area contributed by atoms with Crippen molar-refractivity contribution in [2.24, 2.45) is 0 Å². The molecule has 2 heterocycles. The van der Waals surface area contributed by atoms with E-state index in [1.807, 2.05) is 6.07 Å². The van der Waals surface area contributed by atoms with Gasteiger partial charge in [0.1, 0.15) is 5.75 Å². The van der Waals surface area contributed by atoms with Gasteiger partial charge in [-0.15, -0.1) is 0 Å². The van der Waals surface area contributed by atoms with Crippen molar-refractivity contribution in [3.05, 3.63) is 23.8 Å². The molecule has 2 fully saturated rings. The summed E-state index contributed by atoms with van der Waals surface area (Å²) in [6, 6.07) is 6.04. The third-order valence-electron chi connectivity index (χ3n) is 4.40. The van der Waals surface area contributed by atoms with Crippen LogP contribution in [0, 0.1) is 0 Å². The van der Waals surface area contributed by atoms with Crippen LogP contribution >= 0.6 is 0 Å². The van der Waals surface area contributed by atoms with Crippen LogP contribution in [0.15, 0.2) is 18.2 Å². The molecule has 0 amide bonds. The van der Waals surface area contributed by atoms with E-state index < -0.39 is 0 Å². The average Bonchev–Trinajstić information content (AvgIpc) is 3.04. The van der Waals surface area contributed by atoms with E-state index >= 15 is 0 Å². The van der Waals surface area contributed by atoms with Crippen LogP contribution in [0.3, 0.4) is 0 Å². The SMILES string of the molecule is Nc1ccc(O)c(CN2CCC(N3CCCC3)C2)c1. The van der Waals surface area contributed by atoms with Crippen molar-refractivity contribution in [1.82, 2.24) is 9.80 Å². The Labute approximate surface area is 114 Å². The van der Waals surface area contributed by atoms with E-state index in [0.717, 1.165) is 30.9 Å². The van der Waals surface area contributed by atoms with E-state index in [4.69, 9.17) is 5.73 Å². The van der Waals surface area contributed by atoms with Crippen molar-refractivity contribution in [3.63, 3.8) is 0 Å². The molecular formula is C15H23N3O. The Morgan fingerprint density at radius 1 is 1.21 bits per heavy atom. The number of nitrogen functional groups attached to an aromatic ring is 1. The molecule has 104 valence electrons. The van der Waals surface area contributed by atoms with Crippen LogP contribution in [0.25, 0.3) is 0 Å². The van der Waals surface area contributed by atoms with Gasteiger partial charge in [0.05, 0.1) is 0 Å². The summed E-state index contributed by atoms with van der Waals surface area (Å²) >= 11 is 0. The molecule has 0 aromatic heterocycles. The number of anilines is 1. The van der Waals surface area contributed by atoms with Gasteiger partial charge in [-0.1, -0.05) is 0 Å². The lowest BCUT2D eigenvalue weighted by Gasteiger charge is -2.23. The van der Waals surface area contributed by atoms with Gasteiger partial charge in [-0.2, -0.15) is 0 Å². The largest absolute Gasteiger partial charge is 0.508 e. The van der Waals surface area contributed by atoms with E-state index in [1.165, 1.54) is 32.4 Å². The highest BCUT2D eigenvalue weighted by molar-refractivity contribution is 5.47. The number of benzene rings is 1. The Kier molecular flexibility index (Phi) is 3.62. The van der Waals surface area contributed by atoms with Gasteiger partial charge >= 0.3 is 0 Å². The molecule has 3 rings (SSSR count). The first kappa shape index (κ1) is 12.8. The molecule has 19 heavy (non-hydrogen) atoms. The van der Waals surface area contributed by atoms with Crippen molar-refractivity contribution in [3.8, 4) is 5.75 Å². The maximum Gasteiger partial charge on any atom is 0.120 e. The van der Waals surface area contributed by atoms with Crippen LogP contribution < -0.4 is 5.73 Å². The van der Waals surface area contributed by atoms with E-state index in [9.17, 15) is 5.11 Å². The molecule has 4 heteroatoms. The Bertz CT molecular complexity index is 443. The average molecular weight is 261 g/mol. The van der Waals surface area contributed by atoms with Crippen molar-refractivity contribution in [1.29, 1.82) is 0 Å². The molecular weight excluding hydrogens is 238 g/mol. The summed E-state index contributed by atoms with van der Waals surface area (Å²) in [5, 5.41) is 9.88. The fraction of sp³-hybridized carbons (Fsp3) is 0.600. The highest BCUT2D eigenvalue weighted by Crippen LogP contribution is 2.25. The lowest BCUT2D eigenvalue weighted by molar-refractivity contribution is 0.229. The first-order chi connectivity index (χ1) is 9.22. The van der Waals surface area contributed by atoms with Gasteiger partial charge in [0, 0.05) is 36.9 Å². The molecule has 2 saturated heterocycles. The second-order valence-corrected chi connectivity index (χ2v) is 5.81. The molecule has 0 radical (unpaired) electrons. The second-order valence-electron chi connectivity index (χ2n) is 5.81. The van der Waals surface area contributed by atoms with Crippen molar-refractivity contribution >= 4 is 5.69 Å². The summed E-state index contributed by atoms with van der Waals surface area (Å²) in [6.07, 6.45) is 3.96. The number of nitrogens with two attached hydrogens (primary N) is 1. The predicted molar refractivity (Wildman–Crippen MR) is 77.0 cm³/mol. The number of likely N-dealkylation sites (tertiary alicyclic amines) is 2. The maximum atomic E-state index is 9.88. The van der Waals surface area contributed by atoms with Gasteiger partial charge < -0.3 is 10.8 Å². The van der Waals surface area contributed by atoms with Gasteiger partial charge in [0.15, 0.2) is 0 Å². The van der Waals surface area contributed by atoms with Gasteiger partial charge in [0.25, 0.3) is 0 Å². The summed E-state index contributed by atoms with van der Waals surface area (Å²) in [5.41, 5.74) is 7.46. The number of phenols is 1. The van der Waals surface area contributed by atoms with Gasteiger partial charge in [-0.05, 0) is 50.6 Å². The molecule has 0 spiro atoms. The van der Waals surface area contributed by atoms with Gasteiger partial charge in [-0.25, -0.2) is 0 Å². The Balaban J connectivity index is 1.60. The van der Waals surface area contributed by atoms with Crippen molar-refractivity contribution < 1.29 is 5.11 Å². The fourth-order valence-electron chi connectivity index (χ4n) is 3.33. The number of aromatic hydroxyl groups is 1. The highest BCUT2D eigenvalue weighted by atomic mass is 16.3. The molecule has 2 aliphatic rings. The monoisotopic (exact) mass is 261 g/mol. The number of nitrogens with zero attached hydrogens (tertiary/aromatic N) is 2. The van der Waals surface area contributed by atoms with E-state index in [-0.39, 0.29) is 0 Å². The lowest BCUT2D eigenvalue weighted by atomic mass is 10.1. The molecule has 0 aliphatic carbocycles. The number of rotatable bonds is 3. The molecule has 4 nitrogen and oxygen atoms in total. The molecule has 1 atom stereocenters. The lowest BCUT2D eigenvalue weighted by Crippen LogP contribution is -2.35. The number of hydrogen-bond donors (Lipinski definition) is 2. The fourth-order valence-corrected chi connectivity index (χ4v) is 3.33. The van der Waals surface area contributed by atoms with Gasteiger partial charge in [0.2, 0.25) is 0 Å². The van der Waals surface area contributed by atoms with Crippen LogP contribution in [0.5, 0.6) is 5.75 Å². The van der Waals surface area contributed by atoms with Crippen LogP contribution in [0.2, 0.25) is 0 Å². The summed E-state index contributed by atoms with van der Waals surface area (Å²) in [5.74, 6) is 0.360. The van der Waals surface area contributed by atoms with E-state index in [1.54, 1.807) is 12.1 Å². The van der Waals surface area contributed by atoms with Crippen LogP contribution in [0.4, 0.5) is 5.69 Å². The minimum Gasteiger partial charge on any atom is -0.508 e. The van der Waals surface area contributed by atoms with Crippen LogP contribution in [0.1, 0.15) is 24.8 Å². The van der Waals surface area contributed by atoms with E-state index in [0.29, 0.717) is 11.8 Å². The Morgan fingerprint density at radius 3 is 2.79 bits per heavy atom. The molecule has 1 aromatic rings. The first-order valence-corrected chi connectivity index (χ1v) is 7.26. The molecule has 0 saturated carbocycles. The van der Waals surface area contributed by atoms with Crippen LogP contribution in [-0.4, -0.2) is 47.1 Å². The standard InChI is InChI=1S/C15H23N3O/c16-13-3-4-15(19)12(9-13)10-17-8-5-14(11-17)18-6-1-2-7-18/h3-4,9,14,19H,1-2,5-8,10-11,16H2. The minimum atomic E-state index is 0.360. The predicted octanol–water partition coefficient (Wildman–Crippen LogP) is 1.64. The molecule has 3 N–H and O–H groups in total. The highest BCUT2D eigenvalue weighted by Gasteiger charge is 2.29. The zero-order chi connectivity index (χ0) is 13.2. The van der Waals surface area contributed by atoms with Crippen molar-refractivity contribution in [2.45, 2.75) is 31.8 Å². The second kappa shape index (κ2) is 5.39. The maximum absolute atomic E-state index is 9.88. The quantitative estimate of drug-likeness (QED) is 0.641. The third-order valence-corrected chi connectivity index (χ3v) is 4.40. The molecule has 1 aromatic carbocycles. The number of phenolic OH excluding ortho intramolecular Hbond substituents is 1. The summed E-state index contributed by atoms with van der Waals surface area (Å²) in [7, 11) is 0. The zero-order valence-corrected chi connectivity index (χ0v) is 11.4. The smallest absolute Gasteiger partial charge is 0.120 e. The zero-order valence-electron chi connectivity index (χ0n) is 11.4. The summed E-state index contributed by atoms with van der Waals surface area (Å²) in [4.78, 5) is 5.05. The summed E-state index contributed by atoms with van der Waals surface area (Å²) in [6.45, 7) is 5.58. The Hall–Kier alpha value is -1.26. The molecule has 0 bridgehead atoms. The number of hydrogen-bond acceptors (Lipinski definition) is 4. The van der Waals surface area contributed by atoms with E-state index in [2.05, 4.69) is 9.80 Å². The molecule has 2 aliphatic heterocycles. The Morgan fingerprint density at radius 2 is 2.00 bits per heavy atom. The molecule has 1 unspecified atom stereocenters. The van der Waals surface area contributed by atoms with Crippen LogP contribution in [-0.2, 0) is 6.54 Å². The minimum absolute atomic E-state index is 0.360. The first-order valence-electron chi connectivity index (χ1n) is 7.26. The van der Waals surface area contributed by atoms with Gasteiger partial charge in [-0.3, -0.25) is 9.80 Å².